The highest BCUT2D eigenvalue weighted by Gasteiger charge is 2.29. The molecule has 0 amide bonds. The van der Waals surface area contributed by atoms with E-state index in [1.165, 1.54) is 95.7 Å². The van der Waals surface area contributed by atoms with Crippen LogP contribution in [-0.2, 0) is 0 Å². The standard InChI is InChI=1S/C35H36N2/c1-2-8-30(9-3-1)37-34-12-5-4-10-31(34)32-24-29(21-22-35(32)37)27-15-13-25(14-16-27)26-17-19-28(20-18-26)33-11-6-7-23-36-33/h1-5,8-10,12-16,21-22,24,26,28,33,36H,6-7,11,17-20,23H2. The molecule has 1 saturated heterocycles. The Bertz CT molecular complexity index is 1500. The van der Waals surface area contributed by atoms with Gasteiger partial charge in [-0.05, 0) is 104 Å². The minimum atomic E-state index is 0.722. The maximum absolute atomic E-state index is 3.80. The Morgan fingerprint density at radius 1 is 0.595 bits per heavy atom. The molecule has 2 aliphatic rings. The Labute approximate surface area is 220 Å². The summed E-state index contributed by atoms with van der Waals surface area (Å²) in [5.41, 5.74) is 7.86. The molecule has 1 aliphatic heterocycles. The number of nitrogens with zero attached hydrogens (tertiary/aromatic N) is 1. The van der Waals surface area contributed by atoms with E-state index in [0.717, 1.165) is 17.9 Å². The lowest BCUT2D eigenvalue weighted by atomic mass is 9.74. The fraction of sp³-hybridized carbons (Fsp3) is 0.314. The first-order valence-corrected chi connectivity index (χ1v) is 14.3. The van der Waals surface area contributed by atoms with Crippen molar-refractivity contribution in [3.8, 4) is 16.8 Å². The van der Waals surface area contributed by atoms with Gasteiger partial charge in [-0.15, -0.1) is 0 Å². The molecular formula is C35H36N2. The number of aromatic nitrogens is 1. The average molecular weight is 485 g/mol. The van der Waals surface area contributed by atoms with Crippen molar-refractivity contribution < 1.29 is 0 Å². The van der Waals surface area contributed by atoms with Gasteiger partial charge >= 0.3 is 0 Å². The van der Waals surface area contributed by atoms with Crippen molar-refractivity contribution in [1.29, 1.82) is 0 Å². The SMILES string of the molecule is c1ccc(-n2c3ccccc3c3cc(-c4ccc(C5CCC(C6CCCCN6)CC5)cc4)ccc32)cc1. The van der Waals surface area contributed by atoms with Crippen molar-refractivity contribution in [3.05, 3.63) is 103 Å². The van der Waals surface area contributed by atoms with Gasteiger partial charge in [-0.3, -0.25) is 0 Å². The molecule has 1 saturated carbocycles. The summed E-state index contributed by atoms with van der Waals surface area (Å²) in [4.78, 5) is 0. The maximum atomic E-state index is 3.80. The number of hydrogen-bond donors (Lipinski definition) is 1. The highest BCUT2D eigenvalue weighted by molar-refractivity contribution is 6.10. The molecule has 7 rings (SSSR count). The van der Waals surface area contributed by atoms with Crippen molar-refractivity contribution in [3.63, 3.8) is 0 Å². The second-order valence-electron chi connectivity index (χ2n) is 11.2. The Hall–Kier alpha value is -3.36. The average Bonchev–Trinajstić information content (AvgIpc) is 3.32. The number of piperidine rings is 1. The fourth-order valence-corrected chi connectivity index (χ4v) is 7.09. The molecular weight excluding hydrogens is 448 g/mol. The van der Waals surface area contributed by atoms with E-state index >= 15 is 0 Å². The van der Waals surface area contributed by atoms with Gasteiger partial charge < -0.3 is 9.88 Å². The van der Waals surface area contributed by atoms with Crippen LogP contribution in [0.25, 0.3) is 38.6 Å². The zero-order valence-electron chi connectivity index (χ0n) is 21.6. The fourth-order valence-electron chi connectivity index (χ4n) is 7.09. The van der Waals surface area contributed by atoms with Crippen molar-refractivity contribution in [1.82, 2.24) is 9.88 Å². The van der Waals surface area contributed by atoms with E-state index in [1.807, 2.05) is 0 Å². The normalized spacial score (nSPS) is 22.4. The number of para-hydroxylation sites is 2. The molecule has 2 nitrogen and oxygen atoms in total. The van der Waals surface area contributed by atoms with E-state index in [9.17, 15) is 0 Å². The lowest BCUT2D eigenvalue weighted by molar-refractivity contribution is 0.222. The molecule has 2 heterocycles. The van der Waals surface area contributed by atoms with Crippen LogP contribution < -0.4 is 5.32 Å². The topological polar surface area (TPSA) is 17.0 Å². The summed E-state index contributed by atoms with van der Waals surface area (Å²) in [5, 5.41) is 6.43. The Balaban J connectivity index is 1.15. The molecule has 0 bridgehead atoms. The summed E-state index contributed by atoms with van der Waals surface area (Å²) in [6, 6.07) is 36.7. The van der Waals surface area contributed by atoms with E-state index in [2.05, 4.69) is 107 Å². The van der Waals surface area contributed by atoms with Crippen LogP contribution in [0.3, 0.4) is 0 Å². The van der Waals surface area contributed by atoms with Gasteiger partial charge in [-0.25, -0.2) is 0 Å². The quantitative estimate of drug-likeness (QED) is 0.269. The Kier molecular flexibility index (Phi) is 6.06. The molecule has 0 radical (unpaired) electrons. The van der Waals surface area contributed by atoms with Crippen LogP contribution in [0.1, 0.15) is 56.4 Å². The zero-order chi connectivity index (χ0) is 24.6. The zero-order valence-corrected chi connectivity index (χ0v) is 21.6. The highest BCUT2D eigenvalue weighted by Crippen LogP contribution is 2.39. The lowest BCUT2D eigenvalue weighted by Gasteiger charge is -2.36. The van der Waals surface area contributed by atoms with Gasteiger partial charge in [-0.1, -0.05) is 73.2 Å². The third kappa shape index (κ3) is 4.28. The molecule has 1 atom stereocenters. The predicted molar refractivity (Wildman–Crippen MR) is 157 cm³/mol. The van der Waals surface area contributed by atoms with E-state index in [-0.39, 0.29) is 0 Å². The molecule has 1 aromatic heterocycles. The molecule has 186 valence electrons. The van der Waals surface area contributed by atoms with Crippen molar-refractivity contribution >= 4 is 21.8 Å². The monoisotopic (exact) mass is 484 g/mol. The summed E-state index contributed by atoms with van der Waals surface area (Å²) < 4.78 is 2.39. The van der Waals surface area contributed by atoms with Crippen LogP contribution in [0.2, 0.25) is 0 Å². The first-order valence-electron chi connectivity index (χ1n) is 14.3. The van der Waals surface area contributed by atoms with Gasteiger partial charge in [0.1, 0.15) is 0 Å². The molecule has 0 spiro atoms. The van der Waals surface area contributed by atoms with Gasteiger partial charge in [0, 0.05) is 22.5 Å². The summed E-state index contributed by atoms with van der Waals surface area (Å²) in [6.07, 6.45) is 9.61. The minimum Gasteiger partial charge on any atom is -0.314 e. The number of hydrogen-bond acceptors (Lipinski definition) is 1. The van der Waals surface area contributed by atoms with Crippen LogP contribution >= 0.6 is 0 Å². The van der Waals surface area contributed by atoms with Gasteiger partial charge in [0.25, 0.3) is 0 Å². The molecule has 5 aromatic rings. The van der Waals surface area contributed by atoms with Crippen molar-refractivity contribution in [2.75, 3.05) is 6.54 Å². The summed E-state index contributed by atoms with van der Waals surface area (Å²) in [6.45, 7) is 1.23. The van der Waals surface area contributed by atoms with Crippen LogP contribution in [0.5, 0.6) is 0 Å². The third-order valence-corrected chi connectivity index (χ3v) is 9.09. The summed E-state index contributed by atoms with van der Waals surface area (Å²) >= 11 is 0. The molecule has 1 aliphatic carbocycles. The Morgan fingerprint density at radius 2 is 1.32 bits per heavy atom. The van der Waals surface area contributed by atoms with Crippen LogP contribution in [0.15, 0.2) is 97.1 Å². The summed E-state index contributed by atoms with van der Waals surface area (Å²) in [7, 11) is 0. The van der Waals surface area contributed by atoms with Gasteiger partial charge in [0.05, 0.1) is 11.0 Å². The number of rotatable bonds is 4. The second-order valence-corrected chi connectivity index (χ2v) is 11.2. The second kappa shape index (κ2) is 9.84. The largest absolute Gasteiger partial charge is 0.314 e. The first kappa shape index (κ1) is 22.8. The molecule has 1 unspecified atom stereocenters. The van der Waals surface area contributed by atoms with Crippen LogP contribution in [-0.4, -0.2) is 17.2 Å². The molecule has 37 heavy (non-hydrogen) atoms. The van der Waals surface area contributed by atoms with Crippen molar-refractivity contribution in [2.24, 2.45) is 5.92 Å². The van der Waals surface area contributed by atoms with Gasteiger partial charge in [0.15, 0.2) is 0 Å². The summed E-state index contributed by atoms with van der Waals surface area (Å²) in [5.74, 6) is 1.61. The maximum Gasteiger partial charge on any atom is 0.0541 e. The smallest absolute Gasteiger partial charge is 0.0541 e. The van der Waals surface area contributed by atoms with Gasteiger partial charge in [0.2, 0.25) is 0 Å². The van der Waals surface area contributed by atoms with E-state index < -0.39 is 0 Å². The number of fused-ring (bicyclic) bond motifs is 3. The highest BCUT2D eigenvalue weighted by atomic mass is 15.0. The first-order chi connectivity index (χ1) is 18.3. The number of nitrogens with one attached hydrogen (secondary N) is 1. The van der Waals surface area contributed by atoms with E-state index in [0.29, 0.717) is 0 Å². The lowest BCUT2D eigenvalue weighted by Crippen LogP contribution is -2.41. The minimum absolute atomic E-state index is 0.722. The van der Waals surface area contributed by atoms with E-state index in [1.54, 1.807) is 0 Å². The van der Waals surface area contributed by atoms with E-state index in [4.69, 9.17) is 0 Å². The van der Waals surface area contributed by atoms with Crippen LogP contribution in [0, 0.1) is 5.92 Å². The Morgan fingerprint density at radius 3 is 2.11 bits per heavy atom. The molecule has 1 N–H and O–H groups in total. The number of benzene rings is 4. The van der Waals surface area contributed by atoms with Gasteiger partial charge in [-0.2, -0.15) is 0 Å². The third-order valence-electron chi connectivity index (χ3n) is 9.09. The predicted octanol–water partition coefficient (Wildman–Crippen LogP) is 8.87. The molecule has 4 aromatic carbocycles. The molecule has 2 heteroatoms. The molecule has 2 fully saturated rings. The van der Waals surface area contributed by atoms with Crippen molar-refractivity contribution in [2.45, 2.75) is 56.9 Å². The van der Waals surface area contributed by atoms with Crippen LogP contribution in [0.4, 0.5) is 0 Å².